The molecule has 0 spiro atoms. The van der Waals surface area contributed by atoms with Gasteiger partial charge in [-0.2, -0.15) is 5.10 Å². The number of para-hydroxylation sites is 1. The molecule has 3 aromatic heterocycles. The van der Waals surface area contributed by atoms with Crippen LogP contribution in [0.3, 0.4) is 0 Å². The van der Waals surface area contributed by atoms with Gasteiger partial charge in [-0.25, -0.2) is 4.68 Å². The molecule has 4 aromatic rings. The van der Waals surface area contributed by atoms with Crippen LogP contribution in [0.5, 0.6) is 0 Å². The average Bonchev–Trinajstić information content (AvgIpc) is 3.38. The van der Waals surface area contributed by atoms with Crippen molar-refractivity contribution in [3.8, 4) is 5.69 Å². The van der Waals surface area contributed by atoms with E-state index in [1.165, 1.54) is 22.7 Å². The van der Waals surface area contributed by atoms with Crippen LogP contribution in [0.15, 0.2) is 36.4 Å². The minimum Gasteiger partial charge on any atom is -0.296 e. The van der Waals surface area contributed by atoms with Crippen LogP contribution in [0.25, 0.3) is 15.9 Å². The lowest BCUT2D eigenvalue weighted by molar-refractivity contribution is 0.103. The summed E-state index contributed by atoms with van der Waals surface area (Å²) in [5, 5.41) is 18.2. The fraction of sp³-hybridized carbons (Fsp3) is 0.263. The number of amides is 1. The van der Waals surface area contributed by atoms with Gasteiger partial charge in [-0.15, -0.1) is 21.5 Å². The molecule has 0 aliphatic carbocycles. The smallest absolute Gasteiger partial charge is 0.267 e. The number of aryl methyl sites for hydroxylation is 2. The number of nitrogens with zero attached hydrogens (tertiary/aromatic N) is 4. The van der Waals surface area contributed by atoms with E-state index in [9.17, 15) is 4.79 Å². The maximum absolute atomic E-state index is 12.7. The Balaban J connectivity index is 1.59. The second kappa shape index (κ2) is 7.58. The zero-order chi connectivity index (χ0) is 18.8. The summed E-state index contributed by atoms with van der Waals surface area (Å²) in [5.41, 5.74) is 1.89. The number of aromatic nitrogens is 4. The van der Waals surface area contributed by atoms with Crippen LogP contribution in [0.4, 0.5) is 5.13 Å². The Morgan fingerprint density at radius 2 is 2.00 bits per heavy atom. The standard InChI is InChI=1S/C19H19N5OS2/c1-3-4-10-16-21-22-19(27-16)20-17(25)15-11-14-12(2)23-24(18(14)26-15)13-8-6-5-7-9-13/h5-9,11H,3-4,10H2,1-2H3,(H,20,22,25). The molecule has 8 heteroatoms. The molecular weight excluding hydrogens is 378 g/mol. The van der Waals surface area contributed by atoms with Crippen molar-refractivity contribution >= 4 is 43.9 Å². The van der Waals surface area contributed by atoms with E-state index in [1.807, 2.05) is 48.0 Å². The molecule has 0 radical (unpaired) electrons. The first kappa shape index (κ1) is 17.8. The van der Waals surface area contributed by atoms with Crippen LogP contribution in [0.1, 0.15) is 40.1 Å². The molecule has 27 heavy (non-hydrogen) atoms. The number of anilines is 1. The number of unbranched alkanes of at least 4 members (excludes halogenated alkanes) is 1. The van der Waals surface area contributed by atoms with Gasteiger partial charge in [0.25, 0.3) is 5.91 Å². The molecule has 0 unspecified atom stereocenters. The second-order valence-electron chi connectivity index (χ2n) is 6.22. The summed E-state index contributed by atoms with van der Waals surface area (Å²) < 4.78 is 1.89. The van der Waals surface area contributed by atoms with E-state index >= 15 is 0 Å². The molecule has 0 saturated heterocycles. The van der Waals surface area contributed by atoms with Crippen LogP contribution in [-0.2, 0) is 6.42 Å². The molecule has 0 fully saturated rings. The first-order chi connectivity index (χ1) is 13.2. The molecule has 0 saturated carbocycles. The van der Waals surface area contributed by atoms with Gasteiger partial charge in [0.05, 0.1) is 16.3 Å². The molecule has 0 atom stereocenters. The molecular formula is C19H19N5OS2. The molecule has 0 aliphatic heterocycles. The normalized spacial score (nSPS) is 11.2. The SMILES string of the molecule is CCCCc1nnc(NC(=O)c2cc3c(C)nn(-c4ccccc4)c3s2)s1. The van der Waals surface area contributed by atoms with E-state index in [4.69, 9.17) is 0 Å². The molecule has 3 heterocycles. The number of carbonyl (C=O) groups excluding carboxylic acids is 1. The van der Waals surface area contributed by atoms with Gasteiger partial charge < -0.3 is 0 Å². The highest BCUT2D eigenvalue weighted by atomic mass is 32.1. The quantitative estimate of drug-likeness (QED) is 0.505. The van der Waals surface area contributed by atoms with Crippen molar-refractivity contribution in [3.05, 3.63) is 52.0 Å². The van der Waals surface area contributed by atoms with Gasteiger partial charge in [-0.05, 0) is 31.5 Å². The molecule has 138 valence electrons. The topological polar surface area (TPSA) is 72.7 Å². The van der Waals surface area contributed by atoms with Crippen LogP contribution < -0.4 is 5.32 Å². The highest BCUT2D eigenvalue weighted by Gasteiger charge is 2.18. The highest BCUT2D eigenvalue weighted by molar-refractivity contribution is 7.20. The highest BCUT2D eigenvalue weighted by Crippen LogP contribution is 2.31. The van der Waals surface area contributed by atoms with Crippen LogP contribution in [-0.4, -0.2) is 25.9 Å². The number of nitrogens with one attached hydrogen (secondary N) is 1. The summed E-state index contributed by atoms with van der Waals surface area (Å²) in [5.74, 6) is -0.159. The number of benzene rings is 1. The maximum atomic E-state index is 12.7. The predicted molar refractivity (Wildman–Crippen MR) is 110 cm³/mol. The number of hydrogen-bond acceptors (Lipinski definition) is 6. The van der Waals surface area contributed by atoms with Crippen molar-refractivity contribution in [1.29, 1.82) is 0 Å². The van der Waals surface area contributed by atoms with Gasteiger partial charge in [0.2, 0.25) is 5.13 Å². The lowest BCUT2D eigenvalue weighted by Gasteiger charge is -2.01. The van der Waals surface area contributed by atoms with E-state index in [0.717, 1.165) is 45.9 Å². The minimum absolute atomic E-state index is 0.159. The number of carbonyl (C=O) groups is 1. The summed E-state index contributed by atoms with van der Waals surface area (Å²) in [4.78, 5) is 14.3. The Kier molecular flexibility index (Phi) is 5.00. The van der Waals surface area contributed by atoms with Crippen LogP contribution in [0, 0.1) is 6.92 Å². The molecule has 4 rings (SSSR count). The molecule has 0 bridgehead atoms. The summed E-state index contributed by atoms with van der Waals surface area (Å²) in [6.45, 7) is 4.10. The van der Waals surface area contributed by atoms with Crippen molar-refractivity contribution in [1.82, 2.24) is 20.0 Å². The third kappa shape index (κ3) is 3.63. The van der Waals surface area contributed by atoms with Crippen molar-refractivity contribution in [2.24, 2.45) is 0 Å². The van der Waals surface area contributed by atoms with E-state index < -0.39 is 0 Å². The van der Waals surface area contributed by atoms with Crippen molar-refractivity contribution in [2.45, 2.75) is 33.1 Å². The number of thiophene rings is 1. The molecule has 6 nitrogen and oxygen atoms in total. The Morgan fingerprint density at radius 3 is 2.78 bits per heavy atom. The van der Waals surface area contributed by atoms with Gasteiger partial charge in [0.1, 0.15) is 9.84 Å². The summed E-state index contributed by atoms with van der Waals surface area (Å²) in [6.07, 6.45) is 3.09. The zero-order valence-electron chi connectivity index (χ0n) is 15.1. The fourth-order valence-corrected chi connectivity index (χ4v) is 4.65. The van der Waals surface area contributed by atoms with Crippen molar-refractivity contribution in [3.63, 3.8) is 0 Å². The lowest BCUT2D eigenvalue weighted by atomic mass is 10.3. The summed E-state index contributed by atoms with van der Waals surface area (Å²) >= 11 is 2.87. The molecule has 1 amide bonds. The number of rotatable bonds is 6. The first-order valence-corrected chi connectivity index (χ1v) is 10.5. The second-order valence-corrected chi connectivity index (χ2v) is 8.31. The third-order valence-corrected chi connectivity index (χ3v) is 6.21. The number of fused-ring (bicyclic) bond motifs is 1. The van der Waals surface area contributed by atoms with Gasteiger partial charge >= 0.3 is 0 Å². The fourth-order valence-electron chi connectivity index (χ4n) is 2.80. The van der Waals surface area contributed by atoms with Gasteiger partial charge in [0, 0.05) is 11.8 Å². The Morgan fingerprint density at radius 1 is 1.19 bits per heavy atom. The first-order valence-electron chi connectivity index (χ1n) is 8.84. The van der Waals surface area contributed by atoms with Gasteiger partial charge in [-0.1, -0.05) is 42.9 Å². The largest absolute Gasteiger partial charge is 0.296 e. The number of hydrogen-bond donors (Lipinski definition) is 1. The van der Waals surface area contributed by atoms with E-state index in [1.54, 1.807) is 0 Å². The van der Waals surface area contributed by atoms with Crippen molar-refractivity contribution < 1.29 is 4.79 Å². The van der Waals surface area contributed by atoms with Crippen LogP contribution in [0.2, 0.25) is 0 Å². The monoisotopic (exact) mass is 397 g/mol. The Bertz CT molecular complexity index is 1080. The molecule has 0 aliphatic rings. The van der Waals surface area contributed by atoms with E-state index in [2.05, 4.69) is 27.5 Å². The minimum atomic E-state index is -0.159. The third-order valence-electron chi connectivity index (χ3n) is 4.20. The van der Waals surface area contributed by atoms with E-state index in [-0.39, 0.29) is 5.91 Å². The Labute approximate surface area is 164 Å². The van der Waals surface area contributed by atoms with Crippen molar-refractivity contribution in [2.75, 3.05) is 5.32 Å². The van der Waals surface area contributed by atoms with Gasteiger partial charge in [0.15, 0.2) is 0 Å². The summed E-state index contributed by atoms with van der Waals surface area (Å²) in [6, 6.07) is 11.8. The molecule has 1 N–H and O–H groups in total. The van der Waals surface area contributed by atoms with Gasteiger partial charge in [-0.3, -0.25) is 10.1 Å². The lowest BCUT2D eigenvalue weighted by Crippen LogP contribution is -2.09. The zero-order valence-corrected chi connectivity index (χ0v) is 16.7. The van der Waals surface area contributed by atoms with Crippen LogP contribution >= 0.6 is 22.7 Å². The Hall–Kier alpha value is -2.58. The maximum Gasteiger partial charge on any atom is 0.267 e. The average molecular weight is 398 g/mol. The summed E-state index contributed by atoms with van der Waals surface area (Å²) in [7, 11) is 0. The molecule has 1 aromatic carbocycles. The van der Waals surface area contributed by atoms with E-state index in [0.29, 0.717) is 10.0 Å². The predicted octanol–water partition coefficient (Wildman–Crippen LogP) is 4.84.